The molecule has 2 aliphatic rings. The molecule has 0 spiro atoms. The van der Waals surface area contributed by atoms with Crippen molar-refractivity contribution in [2.75, 3.05) is 6.54 Å². The minimum absolute atomic E-state index is 0.313. The van der Waals surface area contributed by atoms with Crippen LogP contribution in [0.4, 0.5) is 9.18 Å². The molecule has 2 atom stereocenters. The minimum atomic E-state index is -0.804. The van der Waals surface area contributed by atoms with Gasteiger partial charge in [-0.05, 0) is 34.7 Å². The first kappa shape index (κ1) is 18.6. The molecule has 0 saturated carbocycles. The molecular weight excluding hydrogens is 506 g/mol. The van der Waals surface area contributed by atoms with Gasteiger partial charge in [0.05, 0.1) is 6.54 Å². The van der Waals surface area contributed by atoms with E-state index in [1.54, 1.807) is 12.3 Å². The Balaban J connectivity index is 1.80. The molecule has 1 amide bonds. The Hall–Kier alpha value is -1.72. The number of carbonyl (C=O) groups is 1. The van der Waals surface area contributed by atoms with Crippen molar-refractivity contribution in [2.24, 2.45) is 10.7 Å². The first-order valence-corrected chi connectivity index (χ1v) is 10.3. The summed E-state index contributed by atoms with van der Waals surface area (Å²) in [6.07, 6.45) is 1.05. The van der Waals surface area contributed by atoms with E-state index in [4.69, 9.17) is 27.1 Å². The van der Waals surface area contributed by atoms with Gasteiger partial charge in [-0.2, -0.15) is 0 Å². The second-order valence-electron chi connectivity index (χ2n) is 6.03. The molecule has 2 unspecified atom stereocenters. The van der Waals surface area contributed by atoms with Gasteiger partial charge in [0.1, 0.15) is 18.0 Å². The zero-order valence-electron chi connectivity index (χ0n) is 13.7. The maximum atomic E-state index is 13.5. The molecule has 1 saturated heterocycles. The Morgan fingerprint density at radius 2 is 2.30 bits per heavy atom. The summed E-state index contributed by atoms with van der Waals surface area (Å²) in [5.74, 6) is 0.283. The number of fused-ring (bicyclic) bond motifs is 1. The zero-order chi connectivity index (χ0) is 19.1. The van der Waals surface area contributed by atoms with Gasteiger partial charge in [-0.1, -0.05) is 17.7 Å². The van der Waals surface area contributed by atoms with E-state index < -0.39 is 11.9 Å². The number of hydrogen-bond acceptors (Lipinski definition) is 6. The van der Waals surface area contributed by atoms with E-state index in [2.05, 4.69) is 27.6 Å². The van der Waals surface area contributed by atoms with Crippen LogP contribution in [0.25, 0.3) is 0 Å². The number of halogens is 3. The van der Waals surface area contributed by atoms with Gasteiger partial charge < -0.3 is 15.4 Å². The summed E-state index contributed by atoms with van der Waals surface area (Å²) in [7, 11) is 0. The number of carbonyl (C=O) groups excluding carboxylic acids is 1. The maximum absolute atomic E-state index is 13.5. The summed E-state index contributed by atoms with van der Waals surface area (Å²) in [5.41, 5.74) is 6.88. The molecule has 27 heavy (non-hydrogen) atoms. The van der Waals surface area contributed by atoms with Gasteiger partial charge in [0.15, 0.2) is 10.8 Å². The summed E-state index contributed by atoms with van der Waals surface area (Å²) in [5, 5.41) is 2.93. The van der Waals surface area contributed by atoms with E-state index in [1.807, 2.05) is 10.3 Å². The smallest absolute Gasteiger partial charge is 0.404 e. The third-order valence-corrected chi connectivity index (χ3v) is 6.63. The monoisotopic (exact) mass is 518 g/mol. The van der Waals surface area contributed by atoms with Crippen LogP contribution in [0, 0.1) is 5.82 Å². The van der Waals surface area contributed by atoms with Gasteiger partial charge in [0, 0.05) is 37.9 Å². The number of benzene rings is 1. The Kier molecular flexibility index (Phi) is 5.08. The summed E-state index contributed by atoms with van der Waals surface area (Å²) >= 11 is 9.98. The molecule has 2 aromatic rings. The number of ether oxygens (including phenoxy) is 1. The summed E-state index contributed by atoms with van der Waals surface area (Å²) < 4.78 is 19.6. The van der Waals surface area contributed by atoms with Crippen LogP contribution in [0.15, 0.2) is 44.0 Å². The van der Waals surface area contributed by atoms with Gasteiger partial charge in [-0.3, -0.25) is 4.99 Å². The van der Waals surface area contributed by atoms with Gasteiger partial charge in [-0.15, -0.1) is 11.3 Å². The van der Waals surface area contributed by atoms with E-state index in [0.29, 0.717) is 29.4 Å². The van der Waals surface area contributed by atoms with Crippen LogP contribution in [-0.2, 0) is 4.74 Å². The van der Waals surface area contributed by atoms with E-state index >= 15 is 0 Å². The number of nitrogens with zero attached hydrogens (tertiary/aromatic N) is 3. The van der Waals surface area contributed by atoms with Gasteiger partial charge in [0.2, 0.25) is 0 Å². The Bertz CT molecular complexity index is 966. The van der Waals surface area contributed by atoms with Crippen molar-refractivity contribution < 1.29 is 13.9 Å². The number of hydrogen-bond donors (Lipinski definition) is 1. The molecule has 140 valence electrons. The number of amidine groups is 1. The second kappa shape index (κ2) is 7.36. The summed E-state index contributed by atoms with van der Waals surface area (Å²) in [4.78, 5) is 22.4. The Morgan fingerprint density at radius 3 is 2.96 bits per heavy atom. The average molecular weight is 519 g/mol. The van der Waals surface area contributed by atoms with Crippen LogP contribution in [0.2, 0.25) is 5.02 Å². The standard InChI is InChI=1S/C17H13ClFIN4O2S/c18-11-5-8(19)1-2-10(11)14-13(20)12-6-9(26-17(21)25)7-24(12)15(23-14)16-22-3-4-27-16/h1-5,9,14H,6-7H2,(H2,21,25). The average Bonchev–Trinajstić information content (AvgIpc) is 3.25. The highest BCUT2D eigenvalue weighted by molar-refractivity contribution is 14.1. The number of nitrogens with two attached hydrogens (primary N) is 1. The van der Waals surface area contributed by atoms with Gasteiger partial charge >= 0.3 is 6.09 Å². The minimum Gasteiger partial charge on any atom is -0.444 e. The van der Waals surface area contributed by atoms with E-state index in [1.165, 1.54) is 23.5 Å². The predicted octanol–water partition coefficient (Wildman–Crippen LogP) is 4.25. The predicted molar refractivity (Wildman–Crippen MR) is 110 cm³/mol. The van der Waals surface area contributed by atoms with Crippen molar-refractivity contribution in [3.05, 3.63) is 60.5 Å². The molecule has 6 nitrogen and oxygen atoms in total. The van der Waals surface area contributed by atoms with Gasteiger partial charge in [-0.25, -0.2) is 14.2 Å². The van der Waals surface area contributed by atoms with Crippen LogP contribution < -0.4 is 5.73 Å². The maximum Gasteiger partial charge on any atom is 0.404 e. The van der Waals surface area contributed by atoms with Crippen molar-refractivity contribution in [3.8, 4) is 0 Å². The molecule has 2 N–H and O–H groups in total. The van der Waals surface area contributed by atoms with E-state index in [-0.39, 0.29) is 12.1 Å². The van der Waals surface area contributed by atoms with Crippen molar-refractivity contribution in [2.45, 2.75) is 18.6 Å². The van der Waals surface area contributed by atoms with Crippen LogP contribution in [-0.4, -0.2) is 34.5 Å². The third-order valence-electron chi connectivity index (χ3n) is 4.32. The molecular formula is C17H13ClFIN4O2S. The molecule has 4 rings (SSSR count). The summed E-state index contributed by atoms with van der Waals surface area (Å²) in [6, 6.07) is 3.92. The number of amides is 1. The lowest BCUT2D eigenvalue weighted by Gasteiger charge is -2.30. The van der Waals surface area contributed by atoms with Crippen molar-refractivity contribution in [1.82, 2.24) is 9.88 Å². The van der Waals surface area contributed by atoms with Crippen LogP contribution in [0.1, 0.15) is 23.0 Å². The normalized spacial score (nSPS) is 21.9. The topological polar surface area (TPSA) is 80.8 Å². The van der Waals surface area contributed by atoms with E-state index in [0.717, 1.165) is 14.3 Å². The lowest BCUT2D eigenvalue weighted by atomic mass is 10.0. The Labute approximate surface area is 177 Å². The molecule has 0 bridgehead atoms. The number of aromatic nitrogens is 1. The van der Waals surface area contributed by atoms with Crippen molar-refractivity contribution >= 4 is 57.5 Å². The van der Waals surface area contributed by atoms with Crippen molar-refractivity contribution in [3.63, 3.8) is 0 Å². The van der Waals surface area contributed by atoms with Crippen LogP contribution in [0.5, 0.6) is 0 Å². The number of rotatable bonds is 3. The lowest BCUT2D eigenvalue weighted by molar-refractivity contribution is 0.113. The van der Waals surface area contributed by atoms with Crippen molar-refractivity contribution in [1.29, 1.82) is 0 Å². The first-order valence-electron chi connectivity index (χ1n) is 7.99. The molecule has 1 aromatic heterocycles. The lowest BCUT2D eigenvalue weighted by Crippen LogP contribution is -2.34. The van der Waals surface area contributed by atoms with Crippen LogP contribution in [0.3, 0.4) is 0 Å². The summed E-state index contributed by atoms with van der Waals surface area (Å²) in [6.45, 7) is 0.451. The highest BCUT2D eigenvalue weighted by atomic mass is 127. The van der Waals surface area contributed by atoms with Crippen LogP contribution >= 0.6 is 45.5 Å². The molecule has 2 aliphatic heterocycles. The quantitative estimate of drug-likeness (QED) is 0.616. The fraction of sp³-hybridized carbons (Fsp3) is 0.235. The fourth-order valence-electron chi connectivity index (χ4n) is 3.23. The number of thiazole rings is 1. The number of primary amides is 1. The highest BCUT2D eigenvalue weighted by Crippen LogP contribution is 2.45. The molecule has 10 heteroatoms. The largest absolute Gasteiger partial charge is 0.444 e. The molecule has 0 aliphatic carbocycles. The zero-order valence-corrected chi connectivity index (χ0v) is 17.5. The molecule has 1 aromatic carbocycles. The Morgan fingerprint density at radius 1 is 1.48 bits per heavy atom. The highest BCUT2D eigenvalue weighted by Gasteiger charge is 2.40. The fourth-order valence-corrected chi connectivity index (χ4v) is 5.13. The first-order chi connectivity index (χ1) is 12.9. The van der Waals surface area contributed by atoms with Gasteiger partial charge in [0.25, 0.3) is 0 Å². The third kappa shape index (κ3) is 3.55. The molecule has 0 radical (unpaired) electrons. The SMILES string of the molecule is NC(=O)OC1CC2=C(I)C(c3ccc(F)cc3Cl)N=C(c3nccs3)N2C1. The number of aliphatic imine (C=N–C) groups is 1. The molecule has 1 fully saturated rings. The second-order valence-corrected chi connectivity index (χ2v) is 8.49. The molecule has 3 heterocycles. The van der Waals surface area contributed by atoms with E-state index in [9.17, 15) is 9.18 Å².